The number of nitrogens with zero attached hydrogens (tertiary/aromatic N) is 2. The molecule has 3 heterocycles. The maximum absolute atomic E-state index is 11.9. The molecule has 4 nitrogen and oxygen atoms in total. The maximum Gasteiger partial charge on any atom is 0.268 e. The van der Waals surface area contributed by atoms with Gasteiger partial charge in [-0.3, -0.25) is 9.69 Å². The van der Waals surface area contributed by atoms with Crippen LogP contribution < -0.4 is 5.56 Å². The van der Waals surface area contributed by atoms with E-state index in [-0.39, 0.29) is 5.56 Å². The Bertz CT molecular complexity index is 596. The summed E-state index contributed by atoms with van der Waals surface area (Å²) in [7, 11) is 0. The summed E-state index contributed by atoms with van der Waals surface area (Å²) >= 11 is 1.45. The molecule has 18 heavy (non-hydrogen) atoms. The lowest BCUT2D eigenvalue weighted by Crippen LogP contribution is -2.33. The topological polar surface area (TPSA) is 49.0 Å². The van der Waals surface area contributed by atoms with E-state index in [1.54, 1.807) is 0 Å². The quantitative estimate of drug-likeness (QED) is 0.903. The first-order valence-electron chi connectivity index (χ1n) is 6.41. The summed E-state index contributed by atoms with van der Waals surface area (Å²) in [5.41, 5.74) is 0.819. The van der Waals surface area contributed by atoms with Crippen molar-refractivity contribution < 1.29 is 0 Å². The van der Waals surface area contributed by atoms with E-state index in [2.05, 4.69) is 21.8 Å². The summed E-state index contributed by atoms with van der Waals surface area (Å²) in [5, 5.41) is 1.92. The predicted molar refractivity (Wildman–Crippen MR) is 73.9 cm³/mol. The summed E-state index contributed by atoms with van der Waals surface area (Å²) in [5.74, 6) is 1.62. The number of hydrogen-bond acceptors (Lipinski definition) is 4. The molecular weight excluding hydrogens is 246 g/mol. The average molecular weight is 263 g/mol. The molecule has 1 aliphatic heterocycles. The van der Waals surface area contributed by atoms with E-state index in [1.165, 1.54) is 24.2 Å². The van der Waals surface area contributed by atoms with Crippen molar-refractivity contribution in [2.75, 3.05) is 13.1 Å². The highest BCUT2D eigenvalue weighted by Gasteiger charge is 2.16. The predicted octanol–water partition coefficient (Wildman–Crippen LogP) is 2.22. The summed E-state index contributed by atoms with van der Waals surface area (Å²) in [4.78, 5) is 21.6. The van der Waals surface area contributed by atoms with Gasteiger partial charge in [-0.2, -0.15) is 0 Å². The molecule has 0 bridgehead atoms. The lowest BCUT2D eigenvalue weighted by Gasteiger charge is -2.29. The van der Waals surface area contributed by atoms with Crippen LogP contribution >= 0.6 is 11.3 Å². The molecular formula is C13H17N3OS. The Kier molecular flexibility index (Phi) is 3.18. The Morgan fingerprint density at radius 1 is 1.50 bits per heavy atom. The number of aromatic nitrogens is 2. The van der Waals surface area contributed by atoms with Gasteiger partial charge < -0.3 is 4.98 Å². The van der Waals surface area contributed by atoms with Crippen LogP contribution in [0.2, 0.25) is 0 Å². The first-order valence-corrected chi connectivity index (χ1v) is 7.29. The number of piperidine rings is 1. The lowest BCUT2D eigenvalue weighted by molar-refractivity contribution is 0.181. The first-order chi connectivity index (χ1) is 8.72. The molecule has 1 N–H and O–H groups in total. The highest BCUT2D eigenvalue weighted by molar-refractivity contribution is 7.17. The lowest BCUT2D eigenvalue weighted by atomic mass is 9.99. The Hall–Kier alpha value is -1.20. The van der Waals surface area contributed by atoms with Crippen LogP contribution in [0.25, 0.3) is 10.2 Å². The van der Waals surface area contributed by atoms with Gasteiger partial charge in [0.1, 0.15) is 10.5 Å². The van der Waals surface area contributed by atoms with Gasteiger partial charge >= 0.3 is 0 Å². The van der Waals surface area contributed by atoms with Gasteiger partial charge in [0.15, 0.2) is 0 Å². The smallest absolute Gasteiger partial charge is 0.268 e. The highest BCUT2D eigenvalue weighted by atomic mass is 32.1. The molecule has 1 saturated heterocycles. The number of likely N-dealkylation sites (tertiary alicyclic amines) is 1. The molecule has 3 rings (SSSR count). The van der Waals surface area contributed by atoms with Crippen molar-refractivity contribution in [3.05, 3.63) is 27.6 Å². The van der Waals surface area contributed by atoms with Crippen LogP contribution in [0.3, 0.4) is 0 Å². The van der Waals surface area contributed by atoms with Crippen LogP contribution in [0, 0.1) is 5.92 Å². The van der Waals surface area contributed by atoms with E-state index < -0.39 is 0 Å². The molecule has 1 aliphatic rings. The van der Waals surface area contributed by atoms with Gasteiger partial charge in [0, 0.05) is 0 Å². The number of aromatic amines is 1. The number of rotatable bonds is 2. The molecule has 0 spiro atoms. The van der Waals surface area contributed by atoms with E-state index in [4.69, 9.17) is 0 Å². The van der Waals surface area contributed by atoms with E-state index in [0.29, 0.717) is 0 Å². The third-order valence-electron chi connectivity index (χ3n) is 3.61. The Balaban J connectivity index is 1.80. The van der Waals surface area contributed by atoms with E-state index in [9.17, 15) is 4.79 Å². The minimum absolute atomic E-state index is 0.00428. The van der Waals surface area contributed by atoms with Gasteiger partial charge in [-0.25, -0.2) is 4.98 Å². The fourth-order valence-electron chi connectivity index (χ4n) is 2.43. The van der Waals surface area contributed by atoms with Crippen molar-refractivity contribution in [3.8, 4) is 0 Å². The minimum atomic E-state index is -0.00428. The number of fused-ring (bicyclic) bond motifs is 1. The molecule has 0 aromatic carbocycles. The van der Waals surface area contributed by atoms with E-state index in [0.717, 1.165) is 41.6 Å². The largest absolute Gasteiger partial charge is 0.308 e. The van der Waals surface area contributed by atoms with Crippen molar-refractivity contribution in [1.82, 2.24) is 14.9 Å². The Morgan fingerprint density at radius 2 is 2.28 bits per heavy atom. The Labute approximate surface area is 110 Å². The van der Waals surface area contributed by atoms with E-state index >= 15 is 0 Å². The molecule has 0 atom stereocenters. The van der Waals surface area contributed by atoms with Crippen molar-refractivity contribution in [2.45, 2.75) is 26.3 Å². The van der Waals surface area contributed by atoms with Crippen molar-refractivity contribution in [2.24, 2.45) is 5.92 Å². The second-order valence-corrected chi connectivity index (χ2v) is 6.02. The van der Waals surface area contributed by atoms with Crippen LogP contribution in [-0.4, -0.2) is 28.0 Å². The zero-order chi connectivity index (χ0) is 12.5. The normalized spacial score (nSPS) is 18.5. The molecule has 0 amide bonds. The maximum atomic E-state index is 11.9. The van der Waals surface area contributed by atoms with Gasteiger partial charge in [0.2, 0.25) is 0 Å². The van der Waals surface area contributed by atoms with Gasteiger partial charge in [0.25, 0.3) is 5.56 Å². The first kappa shape index (κ1) is 11.9. The summed E-state index contributed by atoms with van der Waals surface area (Å²) in [6.07, 6.45) is 2.48. The third-order valence-corrected chi connectivity index (χ3v) is 4.52. The van der Waals surface area contributed by atoms with Gasteiger partial charge in [0.05, 0.1) is 12.1 Å². The molecule has 5 heteroatoms. The highest BCUT2D eigenvalue weighted by Crippen LogP contribution is 2.18. The summed E-state index contributed by atoms with van der Waals surface area (Å²) in [6.45, 7) is 5.27. The van der Waals surface area contributed by atoms with Crippen LogP contribution in [0.15, 0.2) is 16.2 Å². The molecule has 2 aromatic heterocycles. The van der Waals surface area contributed by atoms with Gasteiger partial charge in [-0.05, 0) is 43.3 Å². The van der Waals surface area contributed by atoms with Crippen LogP contribution in [0.1, 0.15) is 25.6 Å². The standard InChI is InChI=1S/C13H17N3OS/c1-9-2-5-16(6-3-9)8-11-14-10-4-7-18-12(10)13(17)15-11/h4,7,9H,2-3,5-6,8H2,1H3,(H,14,15,17). The second-order valence-electron chi connectivity index (χ2n) is 5.11. The Morgan fingerprint density at radius 3 is 3.06 bits per heavy atom. The number of H-pyrrole nitrogens is 1. The van der Waals surface area contributed by atoms with Gasteiger partial charge in [-0.15, -0.1) is 11.3 Å². The summed E-state index contributed by atoms with van der Waals surface area (Å²) in [6, 6.07) is 1.91. The average Bonchev–Trinajstić information content (AvgIpc) is 2.81. The SMILES string of the molecule is CC1CCN(Cc2nc3ccsc3c(=O)[nH]2)CC1. The molecule has 0 unspecified atom stereocenters. The van der Waals surface area contributed by atoms with Crippen molar-refractivity contribution in [1.29, 1.82) is 0 Å². The van der Waals surface area contributed by atoms with Gasteiger partial charge in [-0.1, -0.05) is 6.92 Å². The fraction of sp³-hybridized carbons (Fsp3) is 0.538. The minimum Gasteiger partial charge on any atom is -0.308 e. The molecule has 1 fully saturated rings. The van der Waals surface area contributed by atoms with E-state index in [1.807, 2.05) is 11.4 Å². The molecule has 0 radical (unpaired) electrons. The van der Waals surface area contributed by atoms with Crippen LogP contribution in [0.5, 0.6) is 0 Å². The molecule has 2 aromatic rings. The zero-order valence-corrected chi connectivity index (χ0v) is 11.3. The molecule has 0 aliphatic carbocycles. The van der Waals surface area contributed by atoms with Crippen LogP contribution in [0.4, 0.5) is 0 Å². The monoisotopic (exact) mass is 263 g/mol. The summed E-state index contributed by atoms with van der Waals surface area (Å²) < 4.78 is 0.728. The fourth-order valence-corrected chi connectivity index (χ4v) is 3.15. The number of nitrogens with one attached hydrogen (secondary N) is 1. The zero-order valence-electron chi connectivity index (χ0n) is 10.5. The number of thiophene rings is 1. The molecule has 0 saturated carbocycles. The van der Waals surface area contributed by atoms with Crippen molar-refractivity contribution >= 4 is 21.6 Å². The second kappa shape index (κ2) is 4.82. The third kappa shape index (κ3) is 2.33. The number of hydrogen-bond donors (Lipinski definition) is 1. The molecule has 96 valence electrons. The van der Waals surface area contributed by atoms with Crippen molar-refractivity contribution in [3.63, 3.8) is 0 Å². The van der Waals surface area contributed by atoms with Crippen LogP contribution in [-0.2, 0) is 6.54 Å².